The molecule has 0 bridgehead atoms. The summed E-state index contributed by atoms with van der Waals surface area (Å²) in [6.45, 7) is 12.6. The van der Waals surface area contributed by atoms with Gasteiger partial charge < -0.3 is 14.2 Å². The number of rotatable bonds is 19. The van der Waals surface area contributed by atoms with Crippen LogP contribution in [0.5, 0.6) is 0 Å². The third kappa shape index (κ3) is 15.6. The first-order valence-electron chi connectivity index (χ1n) is 16.6. The quantitative estimate of drug-likeness (QED) is 0.0694. The lowest BCUT2D eigenvalue weighted by Crippen LogP contribution is -2.36. The molecule has 1 aliphatic rings. The van der Waals surface area contributed by atoms with Crippen LogP contribution in [0.15, 0.2) is 36.4 Å². The highest BCUT2D eigenvalue weighted by atomic mass is 16.6. The van der Waals surface area contributed by atoms with Crippen LogP contribution in [0.25, 0.3) is 0 Å². The normalized spacial score (nSPS) is 13.8. The van der Waals surface area contributed by atoms with E-state index >= 15 is 0 Å². The van der Waals surface area contributed by atoms with Crippen molar-refractivity contribution in [3.8, 4) is 0 Å². The molecule has 1 fully saturated rings. The molecule has 6 heteroatoms. The Balaban J connectivity index is 0.000000525. The van der Waals surface area contributed by atoms with Gasteiger partial charge in [-0.2, -0.15) is 0 Å². The van der Waals surface area contributed by atoms with Gasteiger partial charge in [-0.3, -0.25) is 0 Å². The lowest BCUT2D eigenvalue weighted by molar-refractivity contribution is -0.158. The largest absolute Gasteiger partial charge is 0.462 e. The number of ether oxygens (including phenoxy) is 3. The van der Waals surface area contributed by atoms with Crippen molar-refractivity contribution in [1.29, 1.82) is 0 Å². The second kappa shape index (κ2) is 22.9. The van der Waals surface area contributed by atoms with Crippen LogP contribution < -0.4 is 0 Å². The molecule has 1 aromatic rings. The Bertz CT molecular complexity index is 866. The lowest BCUT2D eigenvalue weighted by atomic mass is 9.82. The molecule has 0 aliphatic heterocycles. The summed E-state index contributed by atoms with van der Waals surface area (Å²) < 4.78 is 16.3. The van der Waals surface area contributed by atoms with E-state index < -0.39 is 11.9 Å². The van der Waals surface area contributed by atoms with Crippen LogP contribution >= 0.6 is 0 Å². The number of carbonyl (C=O) groups is 3. The molecule has 42 heavy (non-hydrogen) atoms. The molecule has 0 spiro atoms. The standard InChI is InChI=1S/C24H38O4.C12H20O2/c1-3-5-7-9-11-15-19-27-23(25)21-17-13-14-18-22(21)24(26)28-20-16-12-10-8-6-4-2;1-4-12(8-6-5-7-9-12)14-11(13)10(2)3/h13-14,17-18H,3-12,15-16,19-20H2,1-2H3;2,4-9H2,1,3H3. The molecule has 0 heterocycles. The van der Waals surface area contributed by atoms with Crippen LogP contribution in [0.1, 0.15) is 164 Å². The van der Waals surface area contributed by atoms with Gasteiger partial charge >= 0.3 is 17.9 Å². The molecule has 0 atom stereocenters. The van der Waals surface area contributed by atoms with Gasteiger partial charge in [0.1, 0.15) is 5.60 Å². The average Bonchev–Trinajstić information content (AvgIpc) is 3.00. The van der Waals surface area contributed by atoms with Crippen molar-refractivity contribution >= 4 is 17.9 Å². The molecule has 0 amide bonds. The predicted molar refractivity (Wildman–Crippen MR) is 171 cm³/mol. The Labute approximate surface area is 256 Å². The Kier molecular flexibility index (Phi) is 20.4. The molecular formula is C36H58O6. The first-order chi connectivity index (χ1) is 20.3. The molecule has 238 valence electrons. The third-order valence-corrected chi connectivity index (χ3v) is 7.90. The second-order valence-electron chi connectivity index (χ2n) is 11.6. The molecule has 6 nitrogen and oxygen atoms in total. The summed E-state index contributed by atoms with van der Waals surface area (Å²) in [5.74, 6) is -1.12. The van der Waals surface area contributed by atoms with E-state index in [1.54, 1.807) is 31.2 Å². The lowest BCUT2D eigenvalue weighted by Gasteiger charge is -2.36. The van der Waals surface area contributed by atoms with Crippen molar-refractivity contribution in [3.63, 3.8) is 0 Å². The Morgan fingerprint density at radius 2 is 1.12 bits per heavy atom. The SMILES string of the molecule is C=C(C)C(=O)OC1(CC)CCCCC1.CCCCCCCCOC(=O)c1ccccc1C(=O)OCCCCCCCC. The molecule has 0 aromatic heterocycles. The van der Waals surface area contributed by atoms with E-state index in [4.69, 9.17) is 14.2 Å². The molecule has 0 N–H and O–H groups in total. The van der Waals surface area contributed by atoms with Gasteiger partial charge in [-0.15, -0.1) is 0 Å². The summed E-state index contributed by atoms with van der Waals surface area (Å²) in [5.41, 5.74) is 0.903. The highest BCUT2D eigenvalue weighted by Gasteiger charge is 2.34. The summed E-state index contributed by atoms with van der Waals surface area (Å²) >= 11 is 0. The molecule has 0 radical (unpaired) electrons. The van der Waals surface area contributed by atoms with Crippen molar-refractivity contribution in [2.24, 2.45) is 0 Å². The first-order valence-corrected chi connectivity index (χ1v) is 16.6. The molecule has 0 unspecified atom stereocenters. The Morgan fingerprint density at radius 1 is 0.690 bits per heavy atom. The average molecular weight is 587 g/mol. The highest BCUT2D eigenvalue weighted by Crippen LogP contribution is 2.34. The van der Waals surface area contributed by atoms with Gasteiger partial charge in [-0.1, -0.05) is 110 Å². The minimum atomic E-state index is -0.444. The maximum absolute atomic E-state index is 12.4. The van der Waals surface area contributed by atoms with E-state index in [1.165, 1.54) is 70.6 Å². The van der Waals surface area contributed by atoms with Gasteiger partial charge in [0.05, 0.1) is 24.3 Å². The maximum Gasteiger partial charge on any atom is 0.339 e. The Hall–Kier alpha value is -2.63. The van der Waals surface area contributed by atoms with Crippen LogP contribution in [0.4, 0.5) is 0 Å². The fraction of sp³-hybridized carbons (Fsp3) is 0.694. The van der Waals surface area contributed by atoms with Crippen LogP contribution in [-0.4, -0.2) is 36.7 Å². The van der Waals surface area contributed by atoms with E-state index in [0.29, 0.717) is 29.9 Å². The number of esters is 3. The first kappa shape index (κ1) is 37.4. The summed E-state index contributed by atoms with van der Waals surface area (Å²) in [7, 11) is 0. The number of benzene rings is 1. The van der Waals surface area contributed by atoms with Gasteiger partial charge in [-0.05, 0) is 64.0 Å². The van der Waals surface area contributed by atoms with Crippen LogP contribution in [0.3, 0.4) is 0 Å². The summed E-state index contributed by atoms with van der Waals surface area (Å²) in [6.07, 6.45) is 20.2. The minimum Gasteiger partial charge on any atom is -0.462 e. The van der Waals surface area contributed by atoms with E-state index in [0.717, 1.165) is 44.9 Å². The van der Waals surface area contributed by atoms with Gasteiger partial charge in [0.25, 0.3) is 0 Å². The molecule has 0 saturated heterocycles. The monoisotopic (exact) mass is 586 g/mol. The number of hydrogen-bond acceptors (Lipinski definition) is 6. The number of unbranched alkanes of at least 4 members (excludes halogenated alkanes) is 10. The zero-order valence-electron chi connectivity index (χ0n) is 27.1. The van der Waals surface area contributed by atoms with Gasteiger partial charge in [0.2, 0.25) is 0 Å². The van der Waals surface area contributed by atoms with Crippen LogP contribution in [0, 0.1) is 0 Å². The van der Waals surface area contributed by atoms with E-state index in [2.05, 4.69) is 27.4 Å². The zero-order valence-corrected chi connectivity index (χ0v) is 27.1. The van der Waals surface area contributed by atoms with Crippen molar-refractivity contribution in [2.45, 2.75) is 149 Å². The van der Waals surface area contributed by atoms with Crippen molar-refractivity contribution in [1.82, 2.24) is 0 Å². The maximum atomic E-state index is 12.4. The van der Waals surface area contributed by atoms with Gasteiger partial charge in [-0.25, -0.2) is 14.4 Å². The van der Waals surface area contributed by atoms with Crippen LogP contribution in [-0.2, 0) is 19.0 Å². The van der Waals surface area contributed by atoms with Crippen LogP contribution in [0.2, 0.25) is 0 Å². The third-order valence-electron chi connectivity index (χ3n) is 7.90. The van der Waals surface area contributed by atoms with Gasteiger partial charge in [0, 0.05) is 5.57 Å². The fourth-order valence-corrected chi connectivity index (χ4v) is 5.10. The van der Waals surface area contributed by atoms with E-state index in [1.807, 2.05) is 0 Å². The van der Waals surface area contributed by atoms with Crippen molar-refractivity contribution < 1.29 is 28.6 Å². The second-order valence-corrected chi connectivity index (χ2v) is 11.6. The van der Waals surface area contributed by atoms with Gasteiger partial charge in [0.15, 0.2) is 0 Å². The topological polar surface area (TPSA) is 78.9 Å². The Morgan fingerprint density at radius 3 is 1.52 bits per heavy atom. The minimum absolute atomic E-state index is 0.186. The highest BCUT2D eigenvalue weighted by molar-refractivity contribution is 6.03. The van der Waals surface area contributed by atoms with Crippen molar-refractivity contribution in [3.05, 3.63) is 47.5 Å². The van der Waals surface area contributed by atoms with E-state index in [9.17, 15) is 14.4 Å². The molecule has 1 aromatic carbocycles. The fourth-order valence-electron chi connectivity index (χ4n) is 5.10. The molecule has 1 aliphatic carbocycles. The summed E-state index contributed by atoms with van der Waals surface area (Å²) in [4.78, 5) is 36.2. The van der Waals surface area contributed by atoms with E-state index in [-0.39, 0.29) is 11.6 Å². The number of carbonyl (C=O) groups excluding carboxylic acids is 3. The molecule has 1 saturated carbocycles. The zero-order chi connectivity index (χ0) is 31.1. The molecule has 2 rings (SSSR count). The molecular weight excluding hydrogens is 528 g/mol. The summed E-state index contributed by atoms with van der Waals surface area (Å²) in [6, 6.07) is 6.74. The predicted octanol–water partition coefficient (Wildman–Crippen LogP) is 9.94. The number of hydrogen-bond donors (Lipinski definition) is 0. The smallest absolute Gasteiger partial charge is 0.339 e. The summed E-state index contributed by atoms with van der Waals surface area (Å²) in [5, 5.41) is 0. The van der Waals surface area contributed by atoms with Crippen molar-refractivity contribution in [2.75, 3.05) is 13.2 Å².